The van der Waals surface area contributed by atoms with Gasteiger partial charge in [0.05, 0.1) is 0 Å². The molecule has 0 amide bonds. The number of fused-ring (bicyclic) bond motifs is 9. The highest BCUT2D eigenvalue weighted by molar-refractivity contribution is 7.85. The summed E-state index contributed by atoms with van der Waals surface area (Å²) in [5.74, 6) is 0. The first-order valence-corrected chi connectivity index (χ1v) is 19.4. The van der Waals surface area contributed by atoms with Crippen LogP contribution in [0.4, 0.5) is 0 Å². The Bertz CT molecular complexity index is 3210. The Labute approximate surface area is 303 Å². The SMILES string of the molecule is O=P(c1ccccc1)(c1ccccc1)c1ccc2oc3ccc(-c4ccc5oc6ccc(-c7ccc8oc9ccccc9c8c7)cc6c5c4)cc3c2c1. The number of furan rings is 3. The summed E-state index contributed by atoms with van der Waals surface area (Å²) in [4.78, 5) is 0. The van der Waals surface area contributed by atoms with Crippen molar-refractivity contribution in [2.75, 3.05) is 0 Å². The molecule has 3 heterocycles. The van der Waals surface area contributed by atoms with Gasteiger partial charge in [-0.15, -0.1) is 0 Å². The van der Waals surface area contributed by atoms with Crippen LogP contribution in [0.3, 0.4) is 0 Å². The first-order valence-electron chi connectivity index (χ1n) is 17.7. The van der Waals surface area contributed by atoms with E-state index in [9.17, 15) is 0 Å². The third kappa shape index (κ3) is 4.66. The maximum Gasteiger partial charge on any atom is 0.171 e. The van der Waals surface area contributed by atoms with Gasteiger partial charge in [-0.3, -0.25) is 0 Å². The predicted octanol–water partition coefficient (Wildman–Crippen LogP) is 12.4. The summed E-state index contributed by atoms with van der Waals surface area (Å²) < 4.78 is 33.9. The molecule has 250 valence electrons. The Morgan fingerprint density at radius 3 is 1.08 bits per heavy atom. The Balaban J connectivity index is 1.03. The number of hydrogen-bond donors (Lipinski definition) is 0. The molecule has 4 nitrogen and oxygen atoms in total. The largest absolute Gasteiger partial charge is 0.456 e. The highest BCUT2D eigenvalue weighted by Crippen LogP contribution is 2.44. The van der Waals surface area contributed by atoms with Crippen molar-refractivity contribution in [1.82, 2.24) is 0 Å². The zero-order chi connectivity index (χ0) is 35.1. The van der Waals surface area contributed by atoms with E-state index >= 15 is 4.57 Å². The van der Waals surface area contributed by atoms with Crippen molar-refractivity contribution in [2.45, 2.75) is 0 Å². The van der Waals surface area contributed by atoms with Gasteiger partial charge in [-0.1, -0.05) is 103 Å². The highest BCUT2D eigenvalue weighted by atomic mass is 31.2. The zero-order valence-corrected chi connectivity index (χ0v) is 29.2. The van der Waals surface area contributed by atoms with Crippen LogP contribution in [-0.2, 0) is 4.57 Å². The van der Waals surface area contributed by atoms with Crippen LogP contribution in [0.25, 0.3) is 88.1 Å². The van der Waals surface area contributed by atoms with Crippen molar-refractivity contribution in [1.29, 1.82) is 0 Å². The Morgan fingerprint density at radius 1 is 0.283 bits per heavy atom. The maximum atomic E-state index is 15.2. The van der Waals surface area contributed by atoms with Gasteiger partial charge in [-0.25, -0.2) is 0 Å². The molecule has 3 aromatic heterocycles. The molecule has 0 fully saturated rings. The normalized spacial score (nSPS) is 12.2. The fraction of sp³-hybridized carbons (Fsp3) is 0. The Kier molecular flexibility index (Phi) is 6.49. The Hall–Kier alpha value is -6.61. The summed E-state index contributed by atoms with van der Waals surface area (Å²) in [6.07, 6.45) is 0. The molecule has 11 aromatic rings. The smallest absolute Gasteiger partial charge is 0.171 e. The van der Waals surface area contributed by atoms with Gasteiger partial charge in [0.25, 0.3) is 0 Å². The van der Waals surface area contributed by atoms with Crippen LogP contribution in [0.1, 0.15) is 0 Å². The van der Waals surface area contributed by atoms with E-state index in [-0.39, 0.29) is 0 Å². The first-order chi connectivity index (χ1) is 26.1. The third-order valence-electron chi connectivity index (χ3n) is 10.6. The van der Waals surface area contributed by atoms with Gasteiger partial charge in [0.1, 0.15) is 33.5 Å². The molecule has 0 unspecified atom stereocenters. The molecule has 0 atom stereocenters. The van der Waals surface area contributed by atoms with Crippen molar-refractivity contribution in [3.05, 3.63) is 176 Å². The van der Waals surface area contributed by atoms with Gasteiger partial charge in [-0.2, -0.15) is 0 Å². The fourth-order valence-electron chi connectivity index (χ4n) is 7.91. The van der Waals surface area contributed by atoms with Crippen LogP contribution in [0, 0.1) is 0 Å². The minimum atomic E-state index is -3.15. The van der Waals surface area contributed by atoms with Crippen molar-refractivity contribution < 1.29 is 17.8 Å². The molecule has 0 bridgehead atoms. The number of rotatable bonds is 5. The molecule has 11 rings (SSSR count). The second-order valence-electron chi connectivity index (χ2n) is 13.6. The van der Waals surface area contributed by atoms with E-state index in [2.05, 4.69) is 78.9 Å². The summed E-state index contributed by atoms with van der Waals surface area (Å²) in [7, 11) is -3.15. The summed E-state index contributed by atoms with van der Waals surface area (Å²) in [6, 6.07) is 59.2. The van der Waals surface area contributed by atoms with E-state index in [1.54, 1.807) is 0 Å². The number of hydrogen-bond acceptors (Lipinski definition) is 4. The minimum absolute atomic E-state index is 0.763. The van der Waals surface area contributed by atoms with E-state index in [1.165, 1.54) is 0 Å². The quantitative estimate of drug-likeness (QED) is 0.168. The average Bonchev–Trinajstić information content (AvgIpc) is 3.91. The summed E-state index contributed by atoms with van der Waals surface area (Å²) in [5.41, 5.74) is 9.39. The topological polar surface area (TPSA) is 56.5 Å². The zero-order valence-electron chi connectivity index (χ0n) is 28.3. The van der Waals surface area contributed by atoms with Gasteiger partial charge in [0.15, 0.2) is 7.14 Å². The molecule has 0 N–H and O–H groups in total. The second-order valence-corrected chi connectivity index (χ2v) is 16.4. The van der Waals surface area contributed by atoms with Crippen LogP contribution in [0.15, 0.2) is 189 Å². The number of para-hydroxylation sites is 1. The molecule has 0 saturated heterocycles. The molecule has 8 aromatic carbocycles. The van der Waals surface area contributed by atoms with E-state index in [1.807, 2.05) is 97.1 Å². The predicted molar refractivity (Wildman–Crippen MR) is 219 cm³/mol. The lowest BCUT2D eigenvalue weighted by Crippen LogP contribution is -2.24. The lowest BCUT2D eigenvalue weighted by atomic mass is 9.98. The maximum absolute atomic E-state index is 15.2. The third-order valence-corrected chi connectivity index (χ3v) is 13.6. The molecule has 0 saturated carbocycles. The molecule has 0 spiro atoms. The van der Waals surface area contributed by atoms with Crippen LogP contribution >= 0.6 is 7.14 Å². The molecule has 5 heteroatoms. The fourth-order valence-corrected chi connectivity index (χ4v) is 10.6. The van der Waals surface area contributed by atoms with E-state index in [0.29, 0.717) is 0 Å². The van der Waals surface area contributed by atoms with Gasteiger partial charge in [-0.05, 0) is 95.1 Å². The molecule has 53 heavy (non-hydrogen) atoms. The number of benzene rings is 8. The lowest BCUT2D eigenvalue weighted by Gasteiger charge is -2.20. The van der Waals surface area contributed by atoms with Gasteiger partial charge >= 0.3 is 0 Å². The summed E-state index contributed by atoms with van der Waals surface area (Å²) in [6.45, 7) is 0. The van der Waals surface area contributed by atoms with Crippen molar-refractivity contribution in [2.24, 2.45) is 0 Å². The van der Waals surface area contributed by atoms with Crippen LogP contribution < -0.4 is 15.9 Å². The van der Waals surface area contributed by atoms with Crippen LogP contribution in [0.2, 0.25) is 0 Å². The monoisotopic (exact) mass is 700 g/mol. The van der Waals surface area contributed by atoms with E-state index < -0.39 is 7.14 Å². The van der Waals surface area contributed by atoms with E-state index in [0.717, 1.165) is 104 Å². The molecule has 0 aliphatic carbocycles. The van der Waals surface area contributed by atoms with Crippen LogP contribution in [-0.4, -0.2) is 0 Å². The molecule has 0 radical (unpaired) electrons. The standard InChI is InChI=1S/C48H29O4P/c49-53(34-9-3-1-4-10-34,35-11-5-2-6-12-35)36-19-24-48-42(29-36)41-28-33(18-23-47(41)52-48)32-17-22-46-40(27-32)39-26-31(16-21-45(39)51-46)30-15-20-44-38(25-30)37-13-7-8-14-43(37)50-44/h1-29H. The van der Waals surface area contributed by atoms with Gasteiger partial charge < -0.3 is 17.8 Å². The summed E-state index contributed by atoms with van der Waals surface area (Å²) in [5, 5.41) is 8.64. The van der Waals surface area contributed by atoms with Crippen LogP contribution in [0.5, 0.6) is 0 Å². The second kappa shape index (κ2) is 11.4. The van der Waals surface area contributed by atoms with Gasteiger partial charge in [0, 0.05) is 48.2 Å². The molecule has 0 aliphatic heterocycles. The first kappa shape index (κ1) is 30.1. The molecule has 0 aliphatic rings. The minimum Gasteiger partial charge on any atom is -0.456 e. The molecular formula is C48H29O4P. The molecular weight excluding hydrogens is 671 g/mol. The van der Waals surface area contributed by atoms with Crippen molar-refractivity contribution in [3.8, 4) is 22.3 Å². The average molecular weight is 701 g/mol. The summed E-state index contributed by atoms with van der Waals surface area (Å²) >= 11 is 0. The van der Waals surface area contributed by atoms with Crippen molar-refractivity contribution >= 4 is 88.9 Å². The Morgan fingerprint density at radius 2 is 0.623 bits per heavy atom. The van der Waals surface area contributed by atoms with Crippen molar-refractivity contribution in [3.63, 3.8) is 0 Å². The van der Waals surface area contributed by atoms with Gasteiger partial charge in [0.2, 0.25) is 0 Å². The highest BCUT2D eigenvalue weighted by Gasteiger charge is 2.30. The van der Waals surface area contributed by atoms with E-state index in [4.69, 9.17) is 13.3 Å². The lowest BCUT2D eigenvalue weighted by molar-refractivity contribution is 0.592.